The van der Waals surface area contributed by atoms with Crippen molar-refractivity contribution in [3.63, 3.8) is 0 Å². The van der Waals surface area contributed by atoms with E-state index in [0.717, 1.165) is 52.8 Å². The minimum atomic E-state index is -3.33. The zero-order valence-electron chi connectivity index (χ0n) is 20.9. The number of fused-ring (bicyclic) bond motifs is 1. The van der Waals surface area contributed by atoms with Gasteiger partial charge in [-0.15, -0.1) is 10.2 Å². The second-order valence-electron chi connectivity index (χ2n) is 9.20. The monoisotopic (exact) mass is 539 g/mol. The summed E-state index contributed by atoms with van der Waals surface area (Å²) in [5.74, 6) is 0.346. The van der Waals surface area contributed by atoms with Gasteiger partial charge in [0, 0.05) is 24.1 Å². The van der Waals surface area contributed by atoms with Gasteiger partial charge in [-0.3, -0.25) is 4.79 Å². The Balaban J connectivity index is 1.54. The summed E-state index contributed by atoms with van der Waals surface area (Å²) >= 11 is 1.45. The molecule has 0 spiro atoms. The number of hydrogen-bond donors (Lipinski definition) is 2. The standard InChI is InChI=1S/C26H29N5O4S2/c1-16(2)35-23-11-10-17(14-18(23)15-27)25-30-31-26(36-25)21-8-4-7-20-19(21)6-5-9-22(20)29-24(32)12-13-28-37(3,33)34/h4,7-8,10-11,14,16,22,28H,5-6,9,12-13H2,1-3H3,(H,29,32). The van der Waals surface area contributed by atoms with E-state index in [-0.39, 0.29) is 31.0 Å². The van der Waals surface area contributed by atoms with Crippen LogP contribution in [0.2, 0.25) is 0 Å². The summed E-state index contributed by atoms with van der Waals surface area (Å²) in [5.41, 5.74) is 4.42. The lowest BCUT2D eigenvalue weighted by molar-refractivity contribution is -0.121. The van der Waals surface area contributed by atoms with Crippen LogP contribution < -0.4 is 14.8 Å². The largest absolute Gasteiger partial charge is 0.490 e. The number of carbonyl (C=O) groups is 1. The minimum absolute atomic E-state index is 0.0342. The number of sulfonamides is 1. The van der Waals surface area contributed by atoms with E-state index in [1.165, 1.54) is 11.3 Å². The van der Waals surface area contributed by atoms with Crippen molar-refractivity contribution in [2.45, 2.75) is 51.7 Å². The minimum Gasteiger partial charge on any atom is -0.490 e. The van der Waals surface area contributed by atoms with Gasteiger partial charge in [-0.2, -0.15) is 5.26 Å². The number of aromatic nitrogens is 2. The number of benzene rings is 2. The fourth-order valence-corrected chi connectivity index (χ4v) is 5.74. The van der Waals surface area contributed by atoms with Crippen LogP contribution in [0, 0.1) is 11.3 Å². The van der Waals surface area contributed by atoms with Crippen molar-refractivity contribution in [3.05, 3.63) is 53.1 Å². The third-order valence-electron chi connectivity index (χ3n) is 5.92. The second kappa shape index (κ2) is 11.4. The van der Waals surface area contributed by atoms with Gasteiger partial charge in [0.15, 0.2) is 0 Å². The average molecular weight is 540 g/mol. The molecule has 1 aromatic heterocycles. The Bertz CT molecular complexity index is 1440. The number of nitrogens with one attached hydrogen (secondary N) is 2. The molecule has 1 unspecified atom stereocenters. The van der Waals surface area contributed by atoms with Crippen LogP contribution in [0.4, 0.5) is 0 Å². The van der Waals surface area contributed by atoms with Crippen LogP contribution >= 0.6 is 11.3 Å². The molecule has 0 fully saturated rings. The molecule has 4 rings (SSSR count). The molecule has 194 valence electrons. The lowest BCUT2D eigenvalue weighted by Crippen LogP contribution is -2.34. The highest BCUT2D eigenvalue weighted by Gasteiger charge is 2.25. The number of amides is 1. The zero-order chi connectivity index (χ0) is 26.6. The number of hydrogen-bond acceptors (Lipinski definition) is 8. The molecule has 0 radical (unpaired) electrons. The van der Waals surface area contributed by atoms with Crippen molar-refractivity contribution in [2.75, 3.05) is 12.8 Å². The third kappa shape index (κ3) is 6.71. The fourth-order valence-electron chi connectivity index (χ4n) is 4.37. The van der Waals surface area contributed by atoms with E-state index in [1.807, 2.05) is 38.1 Å². The molecule has 9 nitrogen and oxygen atoms in total. The van der Waals surface area contributed by atoms with E-state index >= 15 is 0 Å². The topological polar surface area (TPSA) is 134 Å². The van der Waals surface area contributed by atoms with Crippen LogP contribution in [0.25, 0.3) is 21.1 Å². The van der Waals surface area contributed by atoms with Gasteiger partial charge in [0.25, 0.3) is 0 Å². The maximum absolute atomic E-state index is 12.5. The van der Waals surface area contributed by atoms with E-state index in [9.17, 15) is 18.5 Å². The summed E-state index contributed by atoms with van der Waals surface area (Å²) in [7, 11) is -3.33. The Labute approximate surface area is 220 Å². The molecule has 1 amide bonds. The van der Waals surface area contributed by atoms with Gasteiger partial charge in [0.05, 0.1) is 24.0 Å². The highest BCUT2D eigenvalue weighted by molar-refractivity contribution is 7.88. The lowest BCUT2D eigenvalue weighted by Gasteiger charge is -2.27. The number of rotatable bonds is 9. The summed E-state index contributed by atoms with van der Waals surface area (Å²) in [6.45, 7) is 3.90. The van der Waals surface area contributed by atoms with Crippen LogP contribution in [0.15, 0.2) is 36.4 Å². The SMILES string of the molecule is CC(C)Oc1ccc(-c2nnc(-c3cccc4c3CCCC4NC(=O)CCNS(C)(=O)=O)s2)cc1C#N. The van der Waals surface area contributed by atoms with Gasteiger partial charge in [-0.25, -0.2) is 13.1 Å². The fraction of sp³-hybridized carbons (Fsp3) is 0.385. The van der Waals surface area contributed by atoms with Crippen molar-refractivity contribution >= 4 is 27.3 Å². The third-order valence-corrected chi connectivity index (χ3v) is 7.66. The molecule has 11 heteroatoms. The lowest BCUT2D eigenvalue weighted by atomic mass is 9.85. The predicted octanol–water partition coefficient (Wildman–Crippen LogP) is 3.96. The summed E-state index contributed by atoms with van der Waals surface area (Å²) in [5, 5.41) is 22.9. The molecule has 1 aliphatic carbocycles. The number of ether oxygens (including phenoxy) is 1. The summed E-state index contributed by atoms with van der Waals surface area (Å²) in [4.78, 5) is 12.5. The molecule has 1 heterocycles. The van der Waals surface area contributed by atoms with Gasteiger partial charge >= 0.3 is 0 Å². The van der Waals surface area contributed by atoms with Crippen LogP contribution in [-0.4, -0.2) is 43.4 Å². The Morgan fingerprint density at radius 3 is 2.76 bits per heavy atom. The molecule has 37 heavy (non-hydrogen) atoms. The predicted molar refractivity (Wildman–Crippen MR) is 143 cm³/mol. The van der Waals surface area contributed by atoms with Crippen molar-refractivity contribution in [1.82, 2.24) is 20.2 Å². The average Bonchev–Trinajstić information content (AvgIpc) is 3.33. The molecular weight excluding hydrogens is 510 g/mol. The first kappa shape index (κ1) is 26.7. The molecule has 1 atom stereocenters. The van der Waals surface area contributed by atoms with Gasteiger partial charge in [-0.1, -0.05) is 29.5 Å². The zero-order valence-corrected chi connectivity index (χ0v) is 22.6. The quantitative estimate of drug-likeness (QED) is 0.420. The molecule has 3 aromatic rings. The van der Waals surface area contributed by atoms with Crippen LogP contribution in [0.3, 0.4) is 0 Å². The van der Waals surface area contributed by atoms with Crippen LogP contribution in [0.5, 0.6) is 5.75 Å². The van der Waals surface area contributed by atoms with Gasteiger partial charge in [0.1, 0.15) is 21.8 Å². The van der Waals surface area contributed by atoms with E-state index in [1.54, 1.807) is 12.1 Å². The highest BCUT2D eigenvalue weighted by atomic mass is 32.2. The number of nitriles is 1. The van der Waals surface area contributed by atoms with E-state index < -0.39 is 10.0 Å². The number of nitrogens with zero attached hydrogens (tertiary/aromatic N) is 3. The van der Waals surface area contributed by atoms with Crippen molar-refractivity contribution in [2.24, 2.45) is 0 Å². The van der Waals surface area contributed by atoms with Crippen LogP contribution in [-0.2, 0) is 21.2 Å². The Kier molecular flexibility index (Phi) is 8.22. The molecule has 0 saturated carbocycles. The number of carbonyl (C=O) groups excluding carboxylic acids is 1. The summed E-state index contributed by atoms with van der Waals surface area (Å²) < 4.78 is 30.6. The summed E-state index contributed by atoms with van der Waals surface area (Å²) in [6, 6.07) is 13.5. The molecule has 0 bridgehead atoms. The van der Waals surface area contributed by atoms with E-state index in [0.29, 0.717) is 16.3 Å². The Morgan fingerprint density at radius 2 is 2.03 bits per heavy atom. The van der Waals surface area contributed by atoms with E-state index in [2.05, 4.69) is 26.3 Å². The van der Waals surface area contributed by atoms with Crippen molar-refractivity contribution in [1.29, 1.82) is 5.26 Å². The Hall–Kier alpha value is -3.33. The molecule has 0 saturated heterocycles. The molecule has 0 aliphatic heterocycles. The van der Waals surface area contributed by atoms with Gasteiger partial charge in [-0.05, 0) is 62.4 Å². The van der Waals surface area contributed by atoms with Crippen molar-refractivity contribution in [3.8, 4) is 33.0 Å². The smallest absolute Gasteiger partial charge is 0.221 e. The first-order valence-electron chi connectivity index (χ1n) is 12.1. The van der Waals surface area contributed by atoms with Gasteiger partial charge in [0.2, 0.25) is 15.9 Å². The molecular formula is C26H29N5O4S2. The van der Waals surface area contributed by atoms with Crippen molar-refractivity contribution < 1.29 is 17.9 Å². The van der Waals surface area contributed by atoms with Crippen LogP contribution in [0.1, 0.15) is 55.8 Å². The first-order chi connectivity index (χ1) is 17.6. The summed E-state index contributed by atoms with van der Waals surface area (Å²) in [6.07, 6.45) is 3.69. The maximum atomic E-state index is 12.5. The normalized spacial score (nSPS) is 15.2. The van der Waals surface area contributed by atoms with Gasteiger partial charge < -0.3 is 10.1 Å². The molecule has 2 N–H and O–H groups in total. The second-order valence-corrected chi connectivity index (χ2v) is 12.0. The maximum Gasteiger partial charge on any atom is 0.221 e. The Morgan fingerprint density at radius 1 is 1.24 bits per heavy atom. The van der Waals surface area contributed by atoms with E-state index in [4.69, 9.17) is 4.74 Å². The molecule has 2 aromatic carbocycles. The highest BCUT2D eigenvalue weighted by Crippen LogP contribution is 2.39. The first-order valence-corrected chi connectivity index (χ1v) is 14.8. The molecule has 1 aliphatic rings.